The summed E-state index contributed by atoms with van der Waals surface area (Å²) in [5.41, 5.74) is 0. The molecule has 6 nitrogen and oxygen atoms in total. The van der Waals surface area contributed by atoms with Gasteiger partial charge in [0.1, 0.15) is 13.2 Å². The second kappa shape index (κ2) is 68.4. The minimum Gasteiger partial charge on any atom is -0.462 e. The van der Waals surface area contributed by atoms with Gasteiger partial charge in [-0.3, -0.25) is 14.4 Å². The van der Waals surface area contributed by atoms with Gasteiger partial charge in [-0.2, -0.15) is 0 Å². The Hall–Kier alpha value is -2.11. The molecule has 0 aliphatic heterocycles. The van der Waals surface area contributed by atoms with Crippen molar-refractivity contribution in [2.75, 3.05) is 13.2 Å². The minimum atomic E-state index is -0.771. The number of carbonyl (C=O) groups excluding carboxylic acids is 3. The highest BCUT2D eigenvalue weighted by Gasteiger charge is 2.19. The summed E-state index contributed by atoms with van der Waals surface area (Å²) in [6.45, 7) is 6.70. The summed E-state index contributed by atoms with van der Waals surface area (Å²) in [4.78, 5) is 38.4. The first-order chi connectivity index (χ1) is 39.0. The molecule has 1 atom stereocenters. The van der Waals surface area contributed by atoms with E-state index in [4.69, 9.17) is 14.2 Å². The summed E-state index contributed by atoms with van der Waals surface area (Å²) in [6, 6.07) is 0. The van der Waals surface area contributed by atoms with Gasteiger partial charge in [0, 0.05) is 19.3 Å². The van der Waals surface area contributed by atoms with Crippen molar-refractivity contribution in [3.8, 4) is 0 Å². The minimum absolute atomic E-state index is 0.0673. The second-order valence-corrected chi connectivity index (χ2v) is 24.5. The van der Waals surface area contributed by atoms with Gasteiger partial charge in [-0.15, -0.1) is 0 Å². The summed E-state index contributed by atoms with van der Waals surface area (Å²) < 4.78 is 17.0. The molecule has 0 amide bonds. The normalized spacial score (nSPS) is 12.1. The molecule has 1 unspecified atom stereocenters. The lowest BCUT2D eigenvalue weighted by Gasteiger charge is -2.18. The summed E-state index contributed by atoms with van der Waals surface area (Å²) in [5, 5.41) is 0. The SMILES string of the molecule is CCCCCCC/C=C\CCCCCCCC(=O)OCC(COC(=O)CCCCCCCCCCCCCCCCCCCCC/C=C\CCCCCCCCCC)OC(=O)CCCCCCCCCCCCCCCCCC. The highest BCUT2D eigenvalue weighted by molar-refractivity contribution is 5.71. The molecule has 0 bridgehead atoms. The van der Waals surface area contributed by atoms with Gasteiger partial charge in [-0.25, -0.2) is 0 Å². The van der Waals surface area contributed by atoms with E-state index in [1.54, 1.807) is 0 Å². The van der Waals surface area contributed by atoms with Crippen molar-refractivity contribution in [2.45, 2.75) is 412 Å². The zero-order chi connectivity index (χ0) is 57.1. The van der Waals surface area contributed by atoms with Crippen molar-refractivity contribution in [1.82, 2.24) is 0 Å². The third-order valence-corrected chi connectivity index (χ3v) is 16.4. The monoisotopic (exact) mass is 1110 g/mol. The number of esters is 3. The first kappa shape index (κ1) is 76.9. The average Bonchev–Trinajstić information content (AvgIpc) is 3.45. The third kappa shape index (κ3) is 66.6. The Balaban J connectivity index is 4.13. The molecule has 0 rings (SSSR count). The number of hydrogen-bond donors (Lipinski definition) is 0. The van der Waals surface area contributed by atoms with E-state index in [-0.39, 0.29) is 31.1 Å². The lowest BCUT2D eigenvalue weighted by atomic mass is 10.0. The van der Waals surface area contributed by atoms with Crippen LogP contribution in [-0.4, -0.2) is 37.2 Å². The first-order valence-electron chi connectivity index (χ1n) is 35.8. The van der Waals surface area contributed by atoms with Gasteiger partial charge >= 0.3 is 17.9 Å². The van der Waals surface area contributed by atoms with E-state index in [1.165, 1.54) is 302 Å². The Bertz CT molecular complexity index is 1270. The van der Waals surface area contributed by atoms with Crippen LogP contribution >= 0.6 is 0 Å². The number of allylic oxidation sites excluding steroid dienone is 4. The van der Waals surface area contributed by atoms with Crippen LogP contribution in [0.3, 0.4) is 0 Å². The van der Waals surface area contributed by atoms with E-state index in [0.717, 1.165) is 64.2 Å². The van der Waals surface area contributed by atoms with E-state index in [0.29, 0.717) is 19.3 Å². The van der Waals surface area contributed by atoms with Crippen LogP contribution in [-0.2, 0) is 28.6 Å². The largest absolute Gasteiger partial charge is 0.462 e. The molecule has 0 aliphatic rings. The predicted octanol–water partition coefficient (Wildman–Crippen LogP) is 24.6. The smallest absolute Gasteiger partial charge is 0.306 e. The summed E-state index contributed by atoms with van der Waals surface area (Å²) in [7, 11) is 0. The van der Waals surface area contributed by atoms with Crippen LogP contribution in [0.15, 0.2) is 24.3 Å². The van der Waals surface area contributed by atoms with Crippen LogP contribution in [0.25, 0.3) is 0 Å². The standard InChI is InChI=1S/C73H138O6/c1-4-7-10-13-16-19-22-25-28-30-31-32-33-34-35-36-37-38-39-40-41-42-43-44-46-48-51-54-57-60-63-66-72(75)78-69-70(68-77-71(74)65-62-59-56-53-50-47-27-24-21-18-15-12-9-6-3)79-73(76)67-64-61-58-55-52-49-45-29-26-23-20-17-14-11-8-5-2/h24,27,30-31,70H,4-23,25-26,28-29,32-69H2,1-3H3/b27-24-,31-30-. The Morgan fingerprint density at radius 3 is 0.633 bits per heavy atom. The maximum atomic E-state index is 12.9. The van der Waals surface area contributed by atoms with Gasteiger partial charge in [-0.1, -0.05) is 340 Å². The van der Waals surface area contributed by atoms with Crippen molar-refractivity contribution >= 4 is 17.9 Å². The van der Waals surface area contributed by atoms with E-state index in [1.807, 2.05) is 0 Å². The molecule has 0 fully saturated rings. The fourth-order valence-corrected chi connectivity index (χ4v) is 11.0. The summed E-state index contributed by atoms with van der Waals surface area (Å²) >= 11 is 0. The fraction of sp³-hybridized carbons (Fsp3) is 0.904. The molecule has 0 aliphatic carbocycles. The van der Waals surface area contributed by atoms with E-state index in [2.05, 4.69) is 45.1 Å². The predicted molar refractivity (Wildman–Crippen MR) is 344 cm³/mol. The second-order valence-electron chi connectivity index (χ2n) is 24.5. The maximum absolute atomic E-state index is 12.9. The Kier molecular flexibility index (Phi) is 66.6. The molecule has 0 saturated carbocycles. The van der Waals surface area contributed by atoms with Crippen LogP contribution in [0.2, 0.25) is 0 Å². The van der Waals surface area contributed by atoms with E-state index in [9.17, 15) is 14.4 Å². The van der Waals surface area contributed by atoms with Crippen molar-refractivity contribution in [3.63, 3.8) is 0 Å². The van der Waals surface area contributed by atoms with E-state index < -0.39 is 6.10 Å². The molecule has 0 aromatic heterocycles. The molecule has 6 heteroatoms. The molecule has 0 aromatic carbocycles. The van der Waals surface area contributed by atoms with Gasteiger partial charge in [0.15, 0.2) is 6.10 Å². The Morgan fingerprint density at radius 1 is 0.241 bits per heavy atom. The van der Waals surface area contributed by atoms with Gasteiger partial charge in [0.05, 0.1) is 0 Å². The molecular formula is C73H138O6. The molecule has 0 saturated heterocycles. The molecule has 0 spiro atoms. The van der Waals surface area contributed by atoms with Crippen LogP contribution in [0.5, 0.6) is 0 Å². The topological polar surface area (TPSA) is 78.9 Å². The Morgan fingerprint density at radius 2 is 0.418 bits per heavy atom. The summed E-state index contributed by atoms with van der Waals surface area (Å²) in [6.07, 6.45) is 83.6. The van der Waals surface area contributed by atoms with Gasteiger partial charge < -0.3 is 14.2 Å². The molecule has 466 valence electrons. The highest BCUT2D eigenvalue weighted by Crippen LogP contribution is 2.19. The quantitative estimate of drug-likeness (QED) is 0.0261. The fourth-order valence-electron chi connectivity index (χ4n) is 11.0. The maximum Gasteiger partial charge on any atom is 0.306 e. The van der Waals surface area contributed by atoms with Crippen LogP contribution in [0.1, 0.15) is 406 Å². The summed E-state index contributed by atoms with van der Waals surface area (Å²) in [5.74, 6) is -0.845. The molecule has 0 heterocycles. The zero-order valence-electron chi connectivity index (χ0n) is 53.7. The number of ether oxygens (including phenoxy) is 3. The number of carbonyl (C=O) groups is 3. The van der Waals surface area contributed by atoms with Gasteiger partial charge in [0.2, 0.25) is 0 Å². The Labute approximate surface area is 493 Å². The van der Waals surface area contributed by atoms with Crippen LogP contribution in [0.4, 0.5) is 0 Å². The lowest BCUT2D eigenvalue weighted by Crippen LogP contribution is -2.30. The van der Waals surface area contributed by atoms with Crippen molar-refractivity contribution in [2.24, 2.45) is 0 Å². The van der Waals surface area contributed by atoms with Gasteiger partial charge in [0.25, 0.3) is 0 Å². The van der Waals surface area contributed by atoms with Crippen molar-refractivity contribution in [1.29, 1.82) is 0 Å². The van der Waals surface area contributed by atoms with Crippen molar-refractivity contribution < 1.29 is 28.6 Å². The molecule has 79 heavy (non-hydrogen) atoms. The van der Waals surface area contributed by atoms with Gasteiger partial charge in [-0.05, 0) is 70.6 Å². The molecule has 0 radical (unpaired) electrons. The molecule has 0 N–H and O–H groups in total. The highest BCUT2D eigenvalue weighted by atomic mass is 16.6. The number of unbranched alkanes of at least 4 members (excludes halogenated alkanes) is 52. The number of rotatable bonds is 67. The lowest BCUT2D eigenvalue weighted by molar-refractivity contribution is -0.167. The first-order valence-corrected chi connectivity index (χ1v) is 35.8. The third-order valence-electron chi connectivity index (χ3n) is 16.4. The van der Waals surface area contributed by atoms with Crippen LogP contribution in [0, 0.1) is 0 Å². The van der Waals surface area contributed by atoms with Crippen molar-refractivity contribution in [3.05, 3.63) is 24.3 Å². The van der Waals surface area contributed by atoms with Crippen LogP contribution < -0.4 is 0 Å². The number of hydrogen-bond acceptors (Lipinski definition) is 6. The molecular weight excluding hydrogens is 973 g/mol. The van der Waals surface area contributed by atoms with E-state index >= 15 is 0 Å². The zero-order valence-corrected chi connectivity index (χ0v) is 53.7. The average molecular weight is 1110 g/mol. The molecule has 0 aromatic rings.